The van der Waals surface area contributed by atoms with Crippen molar-refractivity contribution in [1.29, 1.82) is 0 Å². The number of ether oxygens (including phenoxy) is 1. The molecule has 2 rings (SSSR count). The van der Waals surface area contributed by atoms with Gasteiger partial charge in [0, 0.05) is 19.2 Å². The molecule has 0 aliphatic heterocycles. The third kappa shape index (κ3) is 4.35. The fourth-order valence-electron chi connectivity index (χ4n) is 2.14. The van der Waals surface area contributed by atoms with Gasteiger partial charge in [-0.3, -0.25) is 4.79 Å². The zero-order valence-electron chi connectivity index (χ0n) is 13.5. The highest BCUT2D eigenvalue weighted by atomic mass is 16.5. The lowest BCUT2D eigenvalue weighted by molar-refractivity contribution is 0.0785. The van der Waals surface area contributed by atoms with E-state index >= 15 is 0 Å². The SMILES string of the molecule is CCC(C)Oc1ccc(C(=O)N(C)Cc2ccccc2)cc1. The fraction of sp³-hybridized carbons (Fsp3) is 0.316. The fourth-order valence-corrected chi connectivity index (χ4v) is 2.14. The van der Waals surface area contributed by atoms with Crippen molar-refractivity contribution in [2.45, 2.75) is 32.9 Å². The standard InChI is InChI=1S/C19H23NO2/c1-4-15(2)22-18-12-10-17(11-13-18)19(21)20(3)14-16-8-6-5-7-9-16/h5-13,15H,4,14H2,1-3H3. The van der Waals surface area contributed by atoms with Crippen LogP contribution in [-0.2, 0) is 6.54 Å². The van der Waals surface area contributed by atoms with Crippen LogP contribution >= 0.6 is 0 Å². The van der Waals surface area contributed by atoms with Crippen molar-refractivity contribution in [2.24, 2.45) is 0 Å². The maximum Gasteiger partial charge on any atom is 0.253 e. The summed E-state index contributed by atoms with van der Waals surface area (Å²) in [6.45, 7) is 4.72. The van der Waals surface area contributed by atoms with Crippen LogP contribution in [0.1, 0.15) is 36.2 Å². The molecule has 0 heterocycles. The van der Waals surface area contributed by atoms with Gasteiger partial charge in [-0.2, -0.15) is 0 Å². The summed E-state index contributed by atoms with van der Waals surface area (Å²) in [6, 6.07) is 17.3. The molecule has 0 radical (unpaired) electrons. The number of amides is 1. The summed E-state index contributed by atoms with van der Waals surface area (Å²) in [5.41, 5.74) is 1.80. The first-order chi connectivity index (χ1) is 10.6. The van der Waals surface area contributed by atoms with E-state index in [1.165, 1.54) is 0 Å². The van der Waals surface area contributed by atoms with Gasteiger partial charge in [0.15, 0.2) is 0 Å². The van der Waals surface area contributed by atoms with Gasteiger partial charge >= 0.3 is 0 Å². The lowest BCUT2D eigenvalue weighted by Crippen LogP contribution is -2.26. The third-order valence-corrected chi connectivity index (χ3v) is 3.62. The lowest BCUT2D eigenvalue weighted by Gasteiger charge is -2.18. The lowest BCUT2D eigenvalue weighted by atomic mass is 10.1. The van der Waals surface area contributed by atoms with E-state index in [-0.39, 0.29) is 12.0 Å². The summed E-state index contributed by atoms with van der Waals surface area (Å²) in [4.78, 5) is 14.1. The van der Waals surface area contributed by atoms with E-state index in [9.17, 15) is 4.79 Å². The number of nitrogens with zero attached hydrogens (tertiary/aromatic N) is 1. The van der Waals surface area contributed by atoms with Crippen LogP contribution in [0.4, 0.5) is 0 Å². The first kappa shape index (κ1) is 16.1. The van der Waals surface area contributed by atoms with Crippen LogP contribution < -0.4 is 4.74 Å². The Kier molecular flexibility index (Phi) is 5.59. The van der Waals surface area contributed by atoms with Gasteiger partial charge in [0.2, 0.25) is 0 Å². The minimum atomic E-state index is 0.0129. The van der Waals surface area contributed by atoms with E-state index in [0.717, 1.165) is 17.7 Å². The largest absolute Gasteiger partial charge is 0.491 e. The molecule has 1 atom stereocenters. The molecule has 1 amide bonds. The Morgan fingerprint density at radius 2 is 1.73 bits per heavy atom. The van der Waals surface area contributed by atoms with Crippen LogP contribution in [0.3, 0.4) is 0 Å². The third-order valence-electron chi connectivity index (χ3n) is 3.62. The van der Waals surface area contributed by atoms with E-state index < -0.39 is 0 Å². The summed E-state index contributed by atoms with van der Waals surface area (Å²) in [6.07, 6.45) is 1.14. The van der Waals surface area contributed by atoms with E-state index in [2.05, 4.69) is 6.92 Å². The van der Waals surface area contributed by atoms with Gasteiger partial charge in [0.1, 0.15) is 5.75 Å². The van der Waals surface area contributed by atoms with Crippen molar-refractivity contribution >= 4 is 5.91 Å². The second-order valence-corrected chi connectivity index (χ2v) is 5.51. The molecule has 0 aromatic heterocycles. The minimum Gasteiger partial charge on any atom is -0.491 e. The number of hydrogen-bond acceptors (Lipinski definition) is 2. The summed E-state index contributed by atoms with van der Waals surface area (Å²) >= 11 is 0. The van der Waals surface area contributed by atoms with E-state index in [1.54, 1.807) is 4.90 Å². The van der Waals surface area contributed by atoms with Gasteiger partial charge in [0.05, 0.1) is 6.10 Å². The summed E-state index contributed by atoms with van der Waals surface area (Å²) in [5, 5.41) is 0. The highest BCUT2D eigenvalue weighted by Crippen LogP contribution is 2.16. The molecule has 0 aliphatic rings. The Balaban J connectivity index is 2.00. The predicted octanol–water partition coefficient (Wildman–Crippen LogP) is 4.14. The molecular weight excluding hydrogens is 274 g/mol. The molecule has 0 N–H and O–H groups in total. The number of hydrogen-bond donors (Lipinski definition) is 0. The predicted molar refractivity (Wildman–Crippen MR) is 89.1 cm³/mol. The molecule has 2 aromatic carbocycles. The van der Waals surface area contributed by atoms with Gasteiger partial charge in [0.25, 0.3) is 5.91 Å². The topological polar surface area (TPSA) is 29.5 Å². The van der Waals surface area contributed by atoms with Gasteiger partial charge in [-0.25, -0.2) is 0 Å². The summed E-state index contributed by atoms with van der Waals surface area (Å²) in [5.74, 6) is 0.815. The van der Waals surface area contributed by atoms with Crippen LogP contribution in [-0.4, -0.2) is 24.0 Å². The number of carbonyl (C=O) groups is 1. The van der Waals surface area contributed by atoms with Crippen molar-refractivity contribution in [3.05, 3.63) is 65.7 Å². The molecule has 0 bridgehead atoms. The van der Waals surface area contributed by atoms with Gasteiger partial charge in [-0.15, -0.1) is 0 Å². The van der Waals surface area contributed by atoms with E-state index in [0.29, 0.717) is 12.1 Å². The van der Waals surface area contributed by atoms with Gasteiger partial charge < -0.3 is 9.64 Å². The Hall–Kier alpha value is -2.29. The van der Waals surface area contributed by atoms with Crippen molar-refractivity contribution in [3.8, 4) is 5.75 Å². The molecule has 0 aliphatic carbocycles. The van der Waals surface area contributed by atoms with Crippen LogP contribution in [0.5, 0.6) is 5.75 Å². The van der Waals surface area contributed by atoms with Crippen LogP contribution in [0.2, 0.25) is 0 Å². The Morgan fingerprint density at radius 1 is 1.09 bits per heavy atom. The molecule has 2 aromatic rings. The first-order valence-corrected chi connectivity index (χ1v) is 7.66. The molecular formula is C19H23NO2. The molecule has 0 saturated heterocycles. The quantitative estimate of drug-likeness (QED) is 0.802. The van der Waals surface area contributed by atoms with Crippen LogP contribution in [0, 0.1) is 0 Å². The molecule has 3 heteroatoms. The number of benzene rings is 2. The second kappa shape index (κ2) is 7.64. The normalized spacial score (nSPS) is 11.8. The van der Waals surface area contributed by atoms with Gasteiger partial charge in [-0.05, 0) is 43.2 Å². The second-order valence-electron chi connectivity index (χ2n) is 5.51. The Bertz CT molecular complexity index is 593. The Morgan fingerprint density at radius 3 is 2.32 bits per heavy atom. The molecule has 116 valence electrons. The number of rotatable bonds is 6. The molecule has 0 spiro atoms. The van der Waals surface area contributed by atoms with Crippen molar-refractivity contribution < 1.29 is 9.53 Å². The molecule has 1 unspecified atom stereocenters. The average molecular weight is 297 g/mol. The maximum absolute atomic E-state index is 12.4. The number of carbonyl (C=O) groups excluding carboxylic acids is 1. The maximum atomic E-state index is 12.4. The highest BCUT2D eigenvalue weighted by molar-refractivity contribution is 5.94. The van der Waals surface area contributed by atoms with Gasteiger partial charge in [-0.1, -0.05) is 37.3 Å². The summed E-state index contributed by atoms with van der Waals surface area (Å²) < 4.78 is 5.73. The highest BCUT2D eigenvalue weighted by Gasteiger charge is 2.12. The smallest absolute Gasteiger partial charge is 0.253 e. The molecule has 3 nitrogen and oxygen atoms in total. The van der Waals surface area contributed by atoms with Crippen LogP contribution in [0.25, 0.3) is 0 Å². The first-order valence-electron chi connectivity index (χ1n) is 7.66. The van der Waals surface area contributed by atoms with E-state index in [1.807, 2.05) is 68.6 Å². The Labute approximate surface area is 132 Å². The molecule has 0 saturated carbocycles. The van der Waals surface area contributed by atoms with Crippen LogP contribution in [0.15, 0.2) is 54.6 Å². The zero-order valence-corrected chi connectivity index (χ0v) is 13.5. The average Bonchev–Trinajstić information content (AvgIpc) is 2.55. The monoisotopic (exact) mass is 297 g/mol. The van der Waals surface area contributed by atoms with Crippen molar-refractivity contribution in [2.75, 3.05) is 7.05 Å². The molecule has 0 fully saturated rings. The summed E-state index contributed by atoms with van der Waals surface area (Å²) in [7, 11) is 1.82. The van der Waals surface area contributed by atoms with E-state index in [4.69, 9.17) is 4.74 Å². The molecule has 22 heavy (non-hydrogen) atoms. The van der Waals surface area contributed by atoms with Crippen molar-refractivity contribution in [1.82, 2.24) is 4.90 Å². The zero-order chi connectivity index (χ0) is 15.9. The van der Waals surface area contributed by atoms with Crippen molar-refractivity contribution in [3.63, 3.8) is 0 Å². The minimum absolute atomic E-state index is 0.0129.